The quantitative estimate of drug-likeness (QED) is 0.529. The molecule has 0 fully saturated rings. The van der Waals surface area contributed by atoms with Crippen molar-refractivity contribution < 1.29 is 28.7 Å². The van der Waals surface area contributed by atoms with Crippen LogP contribution < -0.4 is 22.1 Å². The van der Waals surface area contributed by atoms with Gasteiger partial charge < -0.3 is 20.9 Å². The zero-order chi connectivity index (χ0) is 20.5. The molecule has 6 N–H and O–H groups in total. The van der Waals surface area contributed by atoms with Crippen LogP contribution in [0.15, 0.2) is 48.5 Å². The number of amides is 4. The van der Waals surface area contributed by atoms with Gasteiger partial charge in [-0.25, -0.2) is 9.59 Å². The second kappa shape index (κ2) is 9.57. The lowest BCUT2D eigenvalue weighted by Crippen LogP contribution is -2.21. The van der Waals surface area contributed by atoms with Crippen molar-refractivity contribution >= 4 is 35.4 Å². The predicted octanol–water partition coefficient (Wildman–Crippen LogP) is 1.68. The molecule has 2 aromatic rings. The number of nitrogens with two attached hydrogens (primary N) is 2. The lowest BCUT2D eigenvalue weighted by Gasteiger charge is -2.09. The van der Waals surface area contributed by atoms with Gasteiger partial charge in [-0.1, -0.05) is 12.1 Å². The van der Waals surface area contributed by atoms with E-state index in [0.29, 0.717) is 11.4 Å². The minimum Gasteiger partial charge on any atom is -0.446 e. The summed E-state index contributed by atoms with van der Waals surface area (Å²) in [4.78, 5) is 45.6. The van der Waals surface area contributed by atoms with Crippen molar-refractivity contribution in [2.24, 2.45) is 11.5 Å². The van der Waals surface area contributed by atoms with Gasteiger partial charge >= 0.3 is 12.2 Å². The van der Waals surface area contributed by atoms with E-state index in [4.69, 9.17) is 20.9 Å². The Morgan fingerprint density at radius 1 is 0.714 bits per heavy atom. The normalized spacial score (nSPS) is 9.86. The van der Waals surface area contributed by atoms with Crippen LogP contribution in [-0.2, 0) is 9.47 Å². The van der Waals surface area contributed by atoms with Crippen LogP contribution in [-0.4, -0.2) is 37.2 Å². The van der Waals surface area contributed by atoms with E-state index in [2.05, 4.69) is 10.6 Å². The van der Waals surface area contributed by atoms with Crippen molar-refractivity contribution in [3.8, 4) is 0 Å². The van der Waals surface area contributed by atoms with Crippen molar-refractivity contribution in [2.45, 2.75) is 0 Å². The number of primary amides is 2. The first-order valence-electron chi connectivity index (χ1n) is 8.02. The summed E-state index contributed by atoms with van der Waals surface area (Å²) >= 11 is 0. The van der Waals surface area contributed by atoms with Gasteiger partial charge in [-0.05, 0) is 36.4 Å². The highest BCUT2D eigenvalue weighted by Gasteiger charge is 2.08. The van der Waals surface area contributed by atoms with E-state index in [1.165, 1.54) is 24.3 Å². The van der Waals surface area contributed by atoms with Crippen molar-refractivity contribution in [2.75, 3.05) is 23.8 Å². The summed E-state index contributed by atoms with van der Waals surface area (Å²) in [5, 5.41) is 4.83. The van der Waals surface area contributed by atoms with E-state index in [1.807, 2.05) is 0 Å². The van der Waals surface area contributed by atoms with Gasteiger partial charge in [0, 0.05) is 22.5 Å². The molecule has 4 amide bonds. The van der Waals surface area contributed by atoms with Gasteiger partial charge in [-0.15, -0.1) is 0 Å². The molecule has 0 aliphatic heterocycles. The highest BCUT2D eigenvalue weighted by molar-refractivity contribution is 5.95. The van der Waals surface area contributed by atoms with Gasteiger partial charge in [0.05, 0.1) is 0 Å². The molecule has 0 atom stereocenters. The van der Waals surface area contributed by atoms with Crippen LogP contribution in [0.1, 0.15) is 20.7 Å². The number of nitrogens with one attached hydrogen (secondary N) is 2. The van der Waals surface area contributed by atoms with Crippen LogP contribution in [0.4, 0.5) is 21.0 Å². The molecule has 0 saturated carbocycles. The van der Waals surface area contributed by atoms with Crippen LogP contribution in [0.3, 0.4) is 0 Å². The first kappa shape index (κ1) is 20.2. The van der Waals surface area contributed by atoms with E-state index < -0.39 is 24.0 Å². The lowest BCUT2D eigenvalue weighted by molar-refractivity contribution is 0.0992. The fourth-order valence-corrected chi connectivity index (χ4v) is 2.08. The van der Waals surface area contributed by atoms with Crippen LogP contribution in [0.25, 0.3) is 0 Å². The van der Waals surface area contributed by atoms with Crippen molar-refractivity contribution in [1.82, 2.24) is 0 Å². The van der Waals surface area contributed by atoms with Crippen LogP contribution in [0.2, 0.25) is 0 Å². The van der Waals surface area contributed by atoms with Crippen LogP contribution >= 0.6 is 0 Å². The summed E-state index contributed by atoms with van der Waals surface area (Å²) < 4.78 is 9.73. The fourth-order valence-electron chi connectivity index (χ4n) is 2.08. The highest BCUT2D eigenvalue weighted by Crippen LogP contribution is 2.11. The molecule has 0 aromatic heterocycles. The van der Waals surface area contributed by atoms with Crippen LogP contribution in [0.5, 0.6) is 0 Å². The summed E-state index contributed by atoms with van der Waals surface area (Å²) in [7, 11) is 0. The van der Waals surface area contributed by atoms with E-state index in [-0.39, 0.29) is 24.3 Å². The number of rotatable bonds is 7. The maximum absolute atomic E-state index is 11.7. The minimum atomic E-state index is -0.792. The number of carbonyl (C=O) groups excluding carboxylic acids is 4. The molecule has 0 heterocycles. The second-order valence-corrected chi connectivity index (χ2v) is 5.41. The third kappa shape index (κ3) is 6.33. The van der Waals surface area contributed by atoms with Gasteiger partial charge in [0.1, 0.15) is 13.2 Å². The number of ether oxygens (including phenoxy) is 2. The maximum Gasteiger partial charge on any atom is 0.411 e. The molecule has 0 radical (unpaired) electrons. The molecule has 0 bridgehead atoms. The molecule has 10 heteroatoms. The van der Waals surface area contributed by atoms with E-state index in [1.54, 1.807) is 24.3 Å². The molecule has 28 heavy (non-hydrogen) atoms. The molecule has 0 unspecified atom stereocenters. The monoisotopic (exact) mass is 386 g/mol. The molecule has 0 aliphatic carbocycles. The Hall–Kier alpha value is -4.08. The van der Waals surface area contributed by atoms with E-state index in [9.17, 15) is 19.2 Å². The molecule has 0 aliphatic rings. The third-order valence-corrected chi connectivity index (χ3v) is 3.34. The predicted molar refractivity (Wildman–Crippen MR) is 99.9 cm³/mol. The molecule has 0 saturated heterocycles. The number of benzene rings is 2. The number of hydrogen-bond donors (Lipinski definition) is 4. The Bertz CT molecular complexity index is 826. The Kier molecular flexibility index (Phi) is 6.92. The van der Waals surface area contributed by atoms with Gasteiger partial charge in [-0.3, -0.25) is 20.2 Å². The van der Waals surface area contributed by atoms with Crippen molar-refractivity contribution in [1.29, 1.82) is 0 Å². The van der Waals surface area contributed by atoms with Gasteiger partial charge in [-0.2, -0.15) is 0 Å². The Balaban J connectivity index is 1.72. The second-order valence-electron chi connectivity index (χ2n) is 5.41. The largest absolute Gasteiger partial charge is 0.446 e. The molecule has 146 valence electrons. The van der Waals surface area contributed by atoms with Crippen molar-refractivity contribution in [3.05, 3.63) is 59.7 Å². The topological polar surface area (TPSA) is 163 Å². The Morgan fingerprint density at radius 3 is 1.46 bits per heavy atom. The summed E-state index contributed by atoms with van der Waals surface area (Å²) in [6.07, 6.45) is -1.58. The number of anilines is 2. The number of hydrogen-bond acceptors (Lipinski definition) is 6. The maximum atomic E-state index is 11.7. The Morgan fingerprint density at radius 2 is 1.11 bits per heavy atom. The molecular weight excluding hydrogens is 368 g/mol. The molecular formula is C18H18N4O6. The average molecular weight is 386 g/mol. The van der Waals surface area contributed by atoms with Crippen molar-refractivity contribution in [3.63, 3.8) is 0 Å². The van der Waals surface area contributed by atoms with Crippen LogP contribution in [0, 0.1) is 0 Å². The summed E-state index contributed by atoms with van der Waals surface area (Å²) in [6, 6.07) is 12.0. The van der Waals surface area contributed by atoms with E-state index in [0.717, 1.165) is 0 Å². The average Bonchev–Trinajstić information content (AvgIpc) is 2.65. The molecule has 10 nitrogen and oxygen atoms in total. The van der Waals surface area contributed by atoms with Gasteiger partial charge in [0.25, 0.3) is 0 Å². The smallest absolute Gasteiger partial charge is 0.411 e. The molecule has 2 aromatic carbocycles. The molecule has 2 rings (SSSR count). The first-order chi connectivity index (χ1) is 13.3. The molecule has 0 spiro atoms. The SMILES string of the molecule is NC(=O)c1cccc(NC(=O)OCCOC(=O)Nc2cccc(C(N)=O)c2)c1. The highest BCUT2D eigenvalue weighted by atomic mass is 16.6. The lowest BCUT2D eigenvalue weighted by atomic mass is 10.2. The van der Waals surface area contributed by atoms with Gasteiger partial charge in [0.2, 0.25) is 11.8 Å². The first-order valence-corrected chi connectivity index (χ1v) is 8.02. The zero-order valence-corrected chi connectivity index (χ0v) is 14.6. The summed E-state index contributed by atoms with van der Waals surface area (Å²) in [5.41, 5.74) is 11.4. The Labute approximate surface area is 159 Å². The summed E-state index contributed by atoms with van der Waals surface area (Å²) in [5.74, 6) is -1.25. The standard InChI is InChI=1S/C18H18N4O6/c19-15(23)11-3-1-5-13(9-11)21-17(25)27-7-8-28-18(26)22-14-6-2-4-12(10-14)16(20)24/h1-6,9-10H,7-8H2,(H2,19,23)(H2,20,24)(H,21,25)(H,22,26). The minimum absolute atomic E-state index is 0.198. The fraction of sp³-hybridized carbons (Fsp3) is 0.111. The summed E-state index contributed by atoms with van der Waals surface area (Å²) in [6.45, 7) is -0.397. The van der Waals surface area contributed by atoms with E-state index >= 15 is 0 Å². The zero-order valence-electron chi connectivity index (χ0n) is 14.6. The number of carbonyl (C=O) groups is 4. The third-order valence-electron chi connectivity index (χ3n) is 3.34. The van der Waals surface area contributed by atoms with Gasteiger partial charge in [0.15, 0.2) is 0 Å².